The quantitative estimate of drug-likeness (QED) is 0.163. The maximum atomic E-state index is 8.25. The van der Waals surface area contributed by atoms with Crippen molar-refractivity contribution >= 4 is 39.0 Å². The zero-order chi connectivity index (χ0) is 26.9. The van der Waals surface area contributed by atoms with Crippen molar-refractivity contribution < 1.29 is 10.2 Å². The van der Waals surface area contributed by atoms with E-state index < -0.39 is 10.2 Å². The Bertz CT molecular complexity index is 1090. The van der Waals surface area contributed by atoms with Crippen LogP contribution in [-0.2, 0) is 0 Å². The molecule has 3 aromatic rings. The molecule has 0 spiro atoms. The Morgan fingerprint density at radius 1 is 1.11 bits per heavy atom. The number of hydrogen-bond acceptors (Lipinski definition) is 10. The average Bonchev–Trinajstić information content (AvgIpc) is 3.31. The number of fused-ring (bicyclic) bond motifs is 1. The first-order valence-corrected chi connectivity index (χ1v) is 12.0. The fourth-order valence-electron chi connectivity index (χ4n) is 3.17. The first kappa shape index (κ1) is 30.0. The molecule has 0 amide bonds. The number of thiazole rings is 1. The minimum absolute atomic E-state index is 0.603. The number of nitrogens with one attached hydrogen (secondary N) is 2. The van der Waals surface area contributed by atoms with Gasteiger partial charge >= 0.3 is 0 Å². The summed E-state index contributed by atoms with van der Waals surface area (Å²) < 4.78 is 0. The summed E-state index contributed by atoms with van der Waals surface area (Å²) in [5.41, 5.74) is 2.96. The van der Waals surface area contributed by atoms with Crippen LogP contribution < -0.4 is 10.6 Å². The largest absolute Gasteiger partial charge is 0.356 e. The van der Waals surface area contributed by atoms with Crippen molar-refractivity contribution in [2.75, 3.05) is 17.2 Å². The normalized spacial score (nSPS) is 11.4. The van der Waals surface area contributed by atoms with E-state index in [0.29, 0.717) is 5.92 Å². The number of nitrogens with zero attached hydrogens (tertiary/aromatic N) is 5. The summed E-state index contributed by atoms with van der Waals surface area (Å²) in [4.78, 5) is 30.4. The summed E-state index contributed by atoms with van der Waals surface area (Å²) in [6.07, 6.45) is 6.65. The van der Waals surface area contributed by atoms with E-state index >= 15 is 0 Å². The zero-order valence-electron chi connectivity index (χ0n) is 20.2. The first-order valence-electron chi connectivity index (χ1n) is 11.1. The number of aryl methyl sites for hydroxylation is 1. The number of pyridine rings is 1. The van der Waals surface area contributed by atoms with Gasteiger partial charge in [-0.25, -0.2) is 4.98 Å². The van der Waals surface area contributed by atoms with E-state index in [-0.39, 0.29) is 0 Å². The lowest BCUT2D eigenvalue weighted by atomic mass is 10.00. The molecule has 2 aromatic heterocycles. The topological polar surface area (TPSA) is 195 Å². The molecular weight excluding hydrogens is 490 g/mol. The molecule has 0 saturated carbocycles. The molecule has 0 radical (unpaired) electrons. The van der Waals surface area contributed by atoms with Crippen molar-refractivity contribution in [3.8, 4) is 0 Å². The third-order valence-corrected chi connectivity index (χ3v) is 5.49. The summed E-state index contributed by atoms with van der Waals surface area (Å²) in [7, 11) is 0. The van der Waals surface area contributed by atoms with Gasteiger partial charge in [0.05, 0.1) is 21.4 Å². The van der Waals surface area contributed by atoms with E-state index in [0.717, 1.165) is 46.3 Å². The van der Waals surface area contributed by atoms with E-state index in [1.165, 1.54) is 19.3 Å². The van der Waals surface area contributed by atoms with Crippen molar-refractivity contribution in [1.82, 2.24) is 9.97 Å². The van der Waals surface area contributed by atoms with Crippen molar-refractivity contribution in [3.63, 3.8) is 0 Å². The second-order valence-electron chi connectivity index (χ2n) is 7.47. The highest BCUT2D eigenvalue weighted by Gasteiger charge is 2.10. The van der Waals surface area contributed by atoms with Gasteiger partial charge in [0.15, 0.2) is 5.13 Å². The average molecular weight is 520 g/mol. The van der Waals surface area contributed by atoms with Crippen LogP contribution >= 0.6 is 11.3 Å². The second kappa shape index (κ2) is 16.5. The number of hydrogen-bond donors (Lipinski definition) is 2. The standard InChI is InChI=1S/C22H29N5S.2NO3/c1-4-6-9-17(5-2)15-24-21(27-22-23-12-13-28-22)26-20-14-16(3)25-19-11-8-7-10-18(19)20;2*2-1(3)4/h7-8,10-14,17H,4-6,9,15H2,1-3H3,(H2,23,24,25,26,27);;/q;2*-1. The SMILES string of the molecule is CCCCC(CC)CN=C(Nc1nccs1)Nc1cc(C)nc2ccccc12.O=[N+]([O-])[O-].O=[N+]([O-])[O-]. The molecule has 1 unspecified atom stereocenters. The van der Waals surface area contributed by atoms with Gasteiger partial charge in [0.25, 0.3) is 0 Å². The van der Waals surface area contributed by atoms with Crippen molar-refractivity contribution in [2.45, 2.75) is 46.5 Å². The van der Waals surface area contributed by atoms with Crippen LogP contribution in [0.5, 0.6) is 0 Å². The molecule has 13 nitrogen and oxygen atoms in total. The number of anilines is 2. The molecule has 14 heteroatoms. The molecule has 2 heterocycles. The molecule has 0 saturated heterocycles. The predicted molar refractivity (Wildman–Crippen MR) is 142 cm³/mol. The lowest BCUT2D eigenvalue weighted by Crippen LogP contribution is -2.24. The van der Waals surface area contributed by atoms with Crippen molar-refractivity contribution in [2.24, 2.45) is 10.9 Å². The van der Waals surface area contributed by atoms with Crippen molar-refractivity contribution in [3.05, 3.63) is 78.2 Å². The number of unbranched alkanes of at least 4 members (excludes halogenated alkanes) is 1. The monoisotopic (exact) mass is 519 g/mol. The van der Waals surface area contributed by atoms with E-state index in [1.807, 2.05) is 30.5 Å². The van der Waals surface area contributed by atoms with Gasteiger partial charge in [0.1, 0.15) is 0 Å². The third kappa shape index (κ3) is 12.4. The van der Waals surface area contributed by atoms with Crippen LogP contribution in [0.1, 0.15) is 45.2 Å². The first-order chi connectivity index (χ1) is 17.2. The number of rotatable bonds is 8. The highest BCUT2D eigenvalue weighted by molar-refractivity contribution is 7.13. The molecular formula is C22H29N7O6S-2. The third-order valence-electron chi connectivity index (χ3n) is 4.81. The van der Waals surface area contributed by atoms with Gasteiger partial charge in [-0.3, -0.25) is 9.98 Å². The fraction of sp³-hybridized carbons (Fsp3) is 0.409. The zero-order valence-corrected chi connectivity index (χ0v) is 21.1. The molecule has 0 aliphatic rings. The number of aromatic nitrogens is 2. The molecule has 36 heavy (non-hydrogen) atoms. The van der Waals surface area contributed by atoms with E-state index in [1.54, 1.807) is 17.5 Å². The summed E-state index contributed by atoms with van der Waals surface area (Å²) in [6.45, 7) is 7.31. The summed E-state index contributed by atoms with van der Waals surface area (Å²) >= 11 is 1.57. The van der Waals surface area contributed by atoms with Gasteiger partial charge in [-0.05, 0) is 31.4 Å². The fourth-order valence-corrected chi connectivity index (χ4v) is 3.70. The Kier molecular flexibility index (Phi) is 13.8. The minimum atomic E-state index is -1.75. The van der Waals surface area contributed by atoms with Crippen LogP contribution in [0.2, 0.25) is 0 Å². The van der Waals surface area contributed by atoms with Gasteiger partial charge in [-0.1, -0.05) is 51.3 Å². The second-order valence-corrected chi connectivity index (χ2v) is 8.36. The van der Waals surface area contributed by atoms with Gasteiger partial charge < -0.3 is 41.3 Å². The summed E-state index contributed by atoms with van der Waals surface area (Å²) in [6, 6.07) is 10.2. The Hall–Kier alpha value is -4.07. The van der Waals surface area contributed by atoms with Crippen LogP contribution in [0.4, 0.5) is 10.8 Å². The van der Waals surface area contributed by atoms with Gasteiger partial charge in [-0.2, -0.15) is 0 Å². The lowest BCUT2D eigenvalue weighted by molar-refractivity contribution is -0.403. The smallest absolute Gasteiger partial charge is 0.202 e. The van der Waals surface area contributed by atoms with E-state index in [4.69, 9.17) is 35.6 Å². The molecule has 0 aliphatic carbocycles. The summed E-state index contributed by atoms with van der Waals surface area (Å²) in [5, 5.41) is 40.2. The Morgan fingerprint density at radius 2 is 1.78 bits per heavy atom. The number of benzene rings is 1. The van der Waals surface area contributed by atoms with Crippen LogP contribution in [-0.4, -0.2) is 32.6 Å². The molecule has 0 aliphatic heterocycles. The number of para-hydroxylation sites is 1. The summed E-state index contributed by atoms with van der Waals surface area (Å²) in [5.74, 6) is 1.34. The van der Waals surface area contributed by atoms with Gasteiger partial charge in [-0.15, -0.1) is 11.3 Å². The van der Waals surface area contributed by atoms with Crippen LogP contribution in [0.25, 0.3) is 10.9 Å². The van der Waals surface area contributed by atoms with Crippen LogP contribution in [0, 0.1) is 43.5 Å². The van der Waals surface area contributed by atoms with Crippen LogP contribution in [0.3, 0.4) is 0 Å². The van der Waals surface area contributed by atoms with E-state index in [2.05, 4.69) is 46.6 Å². The Labute approximate surface area is 212 Å². The van der Waals surface area contributed by atoms with Gasteiger partial charge in [0.2, 0.25) is 5.96 Å². The van der Waals surface area contributed by atoms with Crippen molar-refractivity contribution in [1.29, 1.82) is 0 Å². The molecule has 1 aromatic carbocycles. The maximum absolute atomic E-state index is 8.25. The maximum Gasteiger partial charge on any atom is 0.202 e. The molecule has 196 valence electrons. The van der Waals surface area contributed by atoms with Crippen LogP contribution in [0.15, 0.2) is 46.9 Å². The lowest BCUT2D eigenvalue weighted by Gasteiger charge is -2.16. The van der Waals surface area contributed by atoms with E-state index in [9.17, 15) is 0 Å². The Morgan fingerprint density at radius 3 is 2.36 bits per heavy atom. The van der Waals surface area contributed by atoms with Gasteiger partial charge in [0, 0.05) is 29.2 Å². The highest BCUT2D eigenvalue weighted by atomic mass is 32.1. The predicted octanol–water partition coefficient (Wildman–Crippen LogP) is 5.62. The number of aliphatic imine (C=N–C) groups is 1. The highest BCUT2D eigenvalue weighted by Crippen LogP contribution is 2.23. The minimum Gasteiger partial charge on any atom is -0.356 e. The molecule has 3 rings (SSSR count). The number of guanidine groups is 1. The molecule has 0 bridgehead atoms. The molecule has 1 atom stereocenters. The molecule has 0 fully saturated rings. The molecule has 2 N–H and O–H groups in total. The Balaban J connectivity index is 0.000000709.